The molecule has 0 aliphatic rings. The van der Waals surface area contributed by atoms with E-state index in [1.54, 1.807) is 18.2 Å². The van der Waals surface area contributed by atoms with Crippen LogP contribution < -0.4 is 5.32 Å². The highest BCUT2D eigenvalue weighted by Crippen LogP contribution is 2.07. The molecule has 1 aromatic rings. The van der Waals surface area contributed by atoms with Gasteiger partial charge in [0.2, 0.25) is 0 Å². The molecule has 3 nitrogen and oxygen atoms in total. The molecule has 0 spiro atoms. The summed E-state index contributed by atoms with van der Waals surface area (Å²) in [6.45, 7) is 2.67. The predicted molar refractivity (Wildman–Crippen MR) is 73.0 cm³/mol. The molecule has 19 heavy (non-hydrogen) atoms. The zero-order valence-electron chi connectivity index (χ0n) is 11.1. The highest BCUT2D eigenvalue weighted by molar-refractivity contribution is 5.16. The minimum atomic E-state index is -0.632. The average molecular weight is 265 g/mol. The first kappa shape index (κ1) is 15.6. The number of rotatable bonds is 8. The number of halogens is 1. The third kappa shape index (κ3) is 6.35. The molecule has 0 fully saturated rings. The van der Waals surface area contributed by atoms with Crippen molar-refractivity contribution in [3.63, 3.8) is 0 Å². The fourth-order valence-electron chi connectivity index (χ4n) is 1.57. The van der Waals surface area contributed by atoms with Crippen LogP contribution in [0.15, 0.2) is 24.3 Å². The van der Waals surface area contributed by atoms with Gasteiger partial charge in [0.1, 0.15) is 5.82 Å². The zero-order chi connectivity index (χ0) is 14.1. The van der Waals surface area contributed by atoms with Gasteiger partial charge in [-0.25, -0.2) is 4.39 Å². The van der Waals surface area contributed by atoms with Crippen LogP contribution >= 0.6 is 0 Å². The van der Waals surface area contributed by atoms with Gasteiger partial charge in [-0.05, 0) is 13.0 Å². The lowest BCUT2D eigenvalue weighted by Crippen LogP contribution is -2.35. The van der Waals surface area contributed by atoms with E-state index in [4.69, 9.17) is 11.2 Å². The standard InChI is InChI=1S/C15H20FNO2/c1-3-6-12(2)17-9-14(18)11-19-10-13-7-4-5-8-15(13)16/h1,4-5,7-8,12,14,17-18H,6,9-11H2,2H3. The van der Waals surface area contributed by atoms with Gasteiger partial charge in [-0.2, -0.15) is 0 Å². The summed E-state index contributed by atoms with van der Waals surface area (Å²) in [7, 11) is 0. The first-order chi connectivity index (χ1) is 9.13. The van der Waals surface area contributed by atoms with Gasteiger partial charge in [0, 0.05) is 24.6 Å². The summed E-state index contributed by atoms with van der Waals surface area (Å²) in [6, 6.07) is 6.59. The van der Waals surface area contributed by atoms with Crippen molar-refractivity contribution in [3.05, 3.63) is 35.6 Å². The molecule has 4 heteroatoms. The number of terminal acetylenes is 1. The van der Waals surface area contributed by atoms with Crippen LogP contribution in [0.3, 0.4) is 0 Å². The Morgan fingerprint density at radius 2 is 2.21 bits per heavy atom. The van der Waals surface area contributed by atoms with Crippen molar-refractivity contribution in [2.24, 2.45) is 0 Å². The third-order valence-corrected chi connectivity index (χ3v) is 2.65. The van der Waals surface area contributed by atoms with Gasteiger partial charge in [0.15, 0.2) is 0 Å². The van der Waals surface area contributed by atoms with Crippen LogP contribution in [0.1, 0.15) is 18.9 Å². The molecule has 0 aromatic heterocycles. The summed E-state index contributed by atoms with van der Waals surface area (Å²) in [5.41, 5.74) is 0.489. The lowest BCUT2D eigenvalue weighted by Gasteiger charge is -2.15. The maximum atomic E-state index is 13.3. The summed E-state index contributed by atoms with van der Waals surface area (Å²) in [5, 5.41) is 12.8. The van der Waals surface area contributed by atoms with Crippen LogP contribution in [0.2, 0.25) is 0 Å². The largest absolute Gasteiger partial charge is 0.389 e. The second-order valence-corrected chi connectivity index (χ2v) is 4.48. The van der Waals surface area contributed by atoms with Crippen LogP contribution in [0.4, 0.5) is 4.39 Å². The fourth-order valence-corrected chi connectivity index (χ4v) is 1.57. The number of hydrogen-bond acceptors (Lipinski definition) is 3. The molecule has 0 aliphatic heterocycles. The van der Waals surface area contributed by atoms with Crippen LogP contribution in [0, 0.1) is 18.2 Å². The van der Waals surface area contributed by atoms with Crippen LogP contribution in [0.25, 0.3) is 0 Å². The Hall–Kier alpha value is -1.41. The summed E-state index contributed by atoms with van der Waals surface area (Å²) in [5.74, 6) is 2.25. The van der Waals surface area contributed by atoms with Crippen molar-refractivity contribution >= 4 is 0 Å². The van der Waals surface area contributed by atoms with Crippen molar-refractivity contribution in [2.75, 3.05) is 13.2 Å². The third-order valence-electron chi connectivity index (χ3n) is 2.65. The summed E-state index contributed by atoms with van der Waals surface area (Å²) >= 11 is 0. The quantitative estimate of drug-likeness (QED) is 0.703. The topological polar surface area (TPSA) is 41.5 Å². The first-order valence-electron chi connectivity index (χ1n) is 6.29. The lowest BCUT2D eigenvalue weighted by molar-refractivity contribution is 0.0269. The molecule has 0 bridgehead atoms. The molecule has 0 heterocycles. The van der Waals surface area contributed by atoms with E-state index in [1.807, 2.05) is 6.92 Å². The predicted octanol–water partition coefficient (Wildman–Crippen LogP) is 1.70. The molecule has 2 atom stereocenters. The summed E-state index contributed by atoms with van der Waals surface area (Å²) in [6.07, 6.45) is 5.16. The fraction of sp³-hybridized carbons (Fsp3) is 0.467. The molecule has 0 amide bonds. The number of hydrogen-bond donors (Lipinski definition) is 2. The summed E-state index contributed by atoms with van der Waals surface area (Å²) in [4.78, 5) is 0. The Bertz CT molecular complexity index is 417. The van der Waals surface area contributed by atoms with Gasteiger partial charge in [-0.15, -0.1) is 12.3 Å². The highest BCUT2D eigenvalue weighted by Gasteiger charge is 2.07. The van der Waals surface area contributed by atoms with Crippen LogP contribution in [-0.2, 0) is 11.3 Å². The van der Waals surface area contributed by atoms with Gasteiger partial charge in [-0.3, -0.25) is 0 Å². The van der Waals surface area contributed by atoms with Crippen molar-refractivity contribution in [2.45, 2.75) is 32.1 Å². The van der Waals surface area contributed by atoms with Crippen molar-refractivity contribution in [1.82, 2.24) is 5.32 Å². The van der Waals surface area contributed by atoms with Gasteiger partial charge in [0.05, 0.1) is 19.3 Å². The van der Waals surface area contributed by atoms with E-state index < -0.39 is 6.10 Å². The Morgan fingerprint density at radius 1 is 1.47 bits per heavy atom. The highest BCUT2D eigenvalue weighted by atomic mass is 19.1. The number of benzene rings is 1. The second-order valence-electron chi connectivity index (χ2n) is 4.48. The molecule has 0 aliphatic carbocycles. The Morgan fingerprint density at radius 3 is 2.89 bits per heavy atom. The van der Waals surface area contributed by atoms with Crippen LogP contribution in [-0.4, -0.2) is 30.4 Å². The van der Waals surface area contributed by atoms with Crippen LogP contribution in [0.5, 0.6) is 0 Å². The molecule has 1 aromatic carbocycles. The van der Waals surface area contributed by atoms with E-state index >= 15 is 0 Å². The smallest absolute Gasteiger partial charge is 0.128 e. The average Bonchev–Trinajstić information content (AvgIpc) is 2.39. The Balaban J connectivity index is 2.19. The maximum absolute atomic E-state index is 13.3. The van der Waals surface area contributed by atoms with Gasteiger partial charge < -0.3 is 15.2 Å². The number of nitrogens with one attached hydrogen (secondary N) is 1. The maximum Gasteiger partial charge on any atom is 0.128 e. The minimum absolute atomic E-state index is 0.156. The van der Waals surface area contributed by atoms with E-state index in [9.17, 15) is 9.50 Å². The van der Waals surface area contributed by atoms with E-state index in [0.29, 0.717) is 18.5 Å². The summed E-state index contributed by atoms with van der Waals surface area (Å²) < 4.78 is 18.6. The molecule has 104 valence electrons. The van der Waals surface area contributed by atoms with Crippen molar-refractivity contribution in [3.8, 4) is 12.3 Å². The molecule has 0 saturated carbocycles. The Labute approximate surface area is 113 Å². The molecule has 1 rings (SSSR count). The van der Waals surface area contributed by atoms with E-state index in [1.165, 1.54) is 6.07 Å². The van der Waals surface area contributed by atoms with E-state index in [-0.39, 0.29) is 25.1 Å². The first-order valence-corrected chi connectivity index (χ1v) is 6.29. The van der Waals surface area contributed by atoms with Gasteiger partial charge >= 0.3 is 0 Å². The normalized spacial score (nSPS) is 13.8. The minimum Gasteiger partial charge on any atom is -0.389 e. The molecular formula is C15H20FNO2. The second kappa shape index (κ2) is 8.65. The molecule has 2 unspecified atom stereocenters. The van der Waals surface area contributed by atoms with E-state index in [0.717, 1.165) is 0 Å². The number of aliphatic hydroxyl groups is 1. The van der Waals surface area contributed by atoms with Crippen molar-refractivity contribution < 1.29 is 14.2 Å². The monoisotopic (exact) mass is 265 g/mol. The number of aliphatic hydroxyl groups excluding tert-OH is 1. The Kier molecular flexibility index (Phi) is 7.12. The molecule has 2 N–H and O–H groups in total. The molecule has 0 saturated heterocycles. The molecule has 0 radical (unpaired) electrons. The SMILES string of the molecule is C#CCC(C)NCC(O)COCc1ccccc1F. The van der Waals surface area contributed by atoms with Gasteiger partial charge in [0.25, 0.3) is 0 Å². The lowest BCUT2D eigenvalue weighted by atomic mass is 10.2. The number of ether oxygens (including phenoxy) is 1. The van der Waals surface area contributed by atoms with Gasteiger partial charge in [-0.1, -0.05) is 18.2 Å². The molecular weight excluding hydrogens is 245 g/mol. The van der Waals surface area contributed by atoms with Crippen molar-refractivity contribution in [1.29, 1.82) is 0 Å². The van der Waals surface area contributed by atoms with E-state index in [2.05, 4.69) is 11.2 Å². The zero-order valence-corrected chi connectivity index (χ0v) is 11.1.